The molecule has 0 saturated heterocycles. The molecule has 8 aromatic rings. The summed E-state index contributed by atoms with van der Waals surface area (Å²) in [5.41, 5.74) is 9.57. The van der Waals surface area contributed by atoms with Crippen LogP contribution in [-0.2, 0) is 5.41 Å². The van der Waals surface area contributed by atoms with Crippen LogP contribution in [0.4, 0.5) is 11.4 Å². The molecule has 2 atom stereocenters. The Morgan fingerprint density at radius 2 is 1.15 bits per heavy atom. The fourth-order valence-electron chi connectivity index (χ4n) is 9.47. The van der Waals surface area contributed by atoms with Crippen LogP contribution in [0, 0.1) is 0 Å². The Morgan fingerprint density at radius 3 is 1.96 bits per heavy atom. The first-order valence-electron chi connectivity index (χ1n) is 16.7. The lowest BCUT2D eigenvalue weighted by Gasteiger charge is -2.42. The van der Waals surface area contributed by atoms with Crippen LogP contribution in [-0.4, -0.2) is 5.54 Å². The van der Waals surface area contributed by atoms with Gasteiger partial charge in [0.1, 0.15) is 0 Å². The zero-order valence-corrected chi connectivity index (χ0v) is 26.3. The highest BCUT2D eigenvalue weighted by molar-refractivity contribution is 6.28. The Labute approximate surface area is 270 Å². The third-order valence-electron chi connectivity index (χ3n) is 11.9. The summed E-state index contributed by atoms with van der Waals surface area (Å²) in [6.45, 7) is 5.01. The van der Waals surface area contributed by atoms with Gasteiger partial charge in [0.2, 0.25) is 0 Å². The van der Waals surface area contributed by atoms with Gasteiger partial charge in [-0.15, -0.1) is 0 Å². The van der Waals surface area contributed by atoms with Crippen LogP contribution in [0.5, 0.6) is 0 Å². The normalized spacial score (nSPS) is 20.7. The Morgan fingerprint density at radius 1 is 0.500 bits per heavy atom. The molecule has 1 heterocycles. The predicted molar refractivity (Wildman–Crippen MR) is 197 cm³/mol. The summed E-state index contributed by atoms with van der Waals surface area (Å²) >= 11 is 0. The van der Waals surface area contributed by atoms with Crippen LogP contribution in [0.2, 0.25) is 0 Å². The van der Waals surface area contributed by atoms with Crippen molar-refractivity contribution in [1.29, 1.82) is 0 Å². The zero-order chi connectivity index (χ0) is 30.6. The molecule has 8 aromatic carbocycles. The van der Waals surface area contributed by atoms with Gasteiger partial charge in [0.05, 0.1) is 5.54 Å². The van der Waals surface area contributed by atoms with Crippen LogP contribution in [0.3, 0.4) is 0 Å². The Hall–Kier alpha value is -5.14. The first-order chi connectivity index (χ1) is 22.5. The van der Waals surface area contributed by atoms with Gasteiger partial charge in [0, 0.05) is 16.8 Å². The van der Waals surface area contributed by atoms with Gasteiger partial charge in [-0.05, 0) is 115 Å². The topological polar surface area (TPSA) is 3.24 Å². The molecule has 0 aromatic heterocycles. The van der Waals surface area contributed by atoms with Crippen molar-refractivity contribution in [2.24, 2.45) is 0 Å². The van der Waals surface area contributed by atoms with Gasteiger partial charge < -0.3 is 4.90 Å². The first-order valence-corrected chi connectivity index (χ1v) is 16.7. The summed E-state index contributed by atoms with van der Waals surface area (Å²) in [4.78, 5) is 2.65. The SMILES string of the molecule is CC12CCCC1(C)N(c1ccccc1)c1ccc(-c3ccc4ccc5c(-c6cccc7ccccc67)ccc6ccc3c4c65)cc12. The number of nitrogens with zero attached hydrogens (tertiary/aromatic N) is 1. The lowest BCUT2D eigenvalue weighted by Crippen LogP contribution is -2.48. The summed E-state index contributed by atoms with van der Waals surface area (Å²) in [5.74, 6) is 0. The van der Waals surface area contributed by atoms with E-state index >= 15 is 0 Å². The molecular weight excluding hydrogens is 555 g/mol. The molecular formula is C45H35N. The highest BCUT2D eigenvalue weighted by atomic mass is 15.3. The summed E-state index contributed by atoms with van der Waals surface area (Å²) in [6, 6.07) is 52.5. The number of hydrogen-bond acceptors (Lipinski definition) is 1. The van der Waals surface area contributed by atoms with Crippen molar-refractivity contribution in [3.63, 3.8) is 0 Å². The van der Waals surface area contributed by atoms with Crippen molar-refractivity contribution in [3.8, 4) is 22.3 Å². The number of rotatable bonds is 3. The van der Waals surface area contributed by atoms with E-state index in [9.17, 15) is 0 Å². The third-order valence-corrected chi connectivity index (χ3v) is 11.9. The van der Waals surface area contributed by atoms with E-state index in [2.05, 4.69) is 158 Å². The predicted octanol–water partition coefficient (Wildman–Crippen LogP) is 12.4. The molecule has 1 fully saturated rings. The van der Waals surface area contributed by atoms with Gasteiger partial charge in [0.15, 0.2) is 0 Å². The summed E-state index contributed by atoms with van der Waals surface area (Å²) in [7, 11) is 0. The molecule has 0 spiro atoms. The average Bonchev–Trinajstić information content (AvgIpc) is 3.51. The first kappa shape index (κ1) is 26.1. The molecule has 220 valence electrons. The monoisotopic (exact) mass is 589 g/mol. The van der Waals surface area contributed by atoms with Gasteiger partial charge in [-0.25, -0.2) is 0 Å². The molecule has 1 heteroatoms. The molecule has 10 rings (SSSR count). The van der Waals surface area contributed by atoms with E-state index in [0.29, 0.717) is 0 Å². The van der Waals surface area contributed by atoms with Crippen LogP contribution in [0.25, 0.3) is 65.3 Å². The molecule has 0 radical (unpaired) electrons. The second kappa shape index (κ2) is 9.21. The second-order valence-electron chi connectivity index (χ2n) is 14.0. The summed E-state index contributed by atoms with van der Waals surface area (Å²) in [6.07, 6.45) is 3.69. The van der Waals surface area contributed by atoms with E-state index in [1.807, 2.05) is 0 Å². The van der Waals surface area contributed by atoms with E-state index in [-0.39, 0.29) is 11.0 Å². The quantitative estimate of drug-likeness (QED) is 0.185. The van der Waals surface area contributed by atoms with E-state index < -0.39 is 0 Å². The molecule has 1 saturated carbocycles. The summed E-state index contributed by atoms with van der Waals surface area (Å²) in [5, 5.41) is 10.6. The van der Waals surface area contributed by atoms with Gasteiger partial charge in [-0.2, -0.15) is 0 Å². The second-order valence-corrected chi connectivity index (χ2v) is 14.0. The summed E-state index contributed by atoms with van der Waals surface area (Å²) < 4.78 is 0. The molecule has 1 nitrogen and oxygen atoms in total. The van der Waals surface area contributed by atoms with E-state index in [1.165, 1.54) is 102 Å². The molecule has 0 amide bonds. The van der Waals surface area contributed by atoms with Crippen LogP contribution < -0.4 is 4.90 Å². The average molecular weight is 590 g/mol. The molecule has 1 aliphatic heterocycles. The Bertz CT molecular complexity index is 2490. The molecule has 0 bridgehead atoms. The minimum Gasteiger partial charge on any atom is -0.334 e. The third kappa shape index (κ3) is 3.30. The maximum Gasteiger partial charge on any atom is 0.0517 e. The van der Waals surface area contributed by atoms with Crippen LogP contribution in [0.15, 0.2) is 140 Å². The van der Waals surface area contributed by atoms with E-state index in [4.69, 9.17) is 0 Å². The maximum absolute atomic E-state index is 2.65. The number of para-hydroxylation sites is 1. The van der Waals surface area contributed by atoms with Crippen molar-refractivity contribution in [3.05, 3.63) is 145 Å². The van der Waals surface area contributed by atoms with Crippen molar-refractivity contribution in [2.75, 3.05) is 4.90 Å². The van der Waals surface area contributed by atoms with Crippen LogP contribution >= 0.6 is 0 Å². The Kier molecular flexibility index (Phi) is 5.23. The standard InChI is InChI=1S/C45H35N/c1-44-26-9-27-45(44,2)46(33-12-4-3-5-13-33)41-25-20-32(28-40(41)44)35-21-16-30-19-24-39-37(22-17-31-18-23-38(35)42(30)43(31)39)36-15-8-11-29-10-6-7-14-34(29)36/h3-8,10-25,28H,9,26-27H2,1-2H3. The van der Waals surface area contributed by atoms with Crippen molar-refractivity contribution < 1.29 is 0 Å². The zero-order valence-electron chi connectivity index (χ0n) is 26.3. The lowest BCUT2D eigenvalue weighted by molar-refractivity contribution is 0.330. The van der Waals surface area contributed by atoms with Crippen molar-refractivity contribution in [1.82, 2.24) is 0 Å². The maximum atomic E-state index is 2.65. The molecule has 2 unspecified atom stereocenters. The Balaban J connectivity index is 1.20. The van der Waals surface area contributed by atoms with Gasteiger partial charge in [0.25, 0.3) is 0 Å². The molecule has 46 heavy (non-hydrogen) atoms. The van der Waals surface area contributed by atoms with Crippen molar-refractivity contribution >= 4 is 54.5 Å². The van der Waals surface area contributed by atoms with Gasteiger partial charge in [-0.1, -0.05) is 129 Å². The smallest absolute Gasteiger partial charge is 0.0517 e. The highest BCUT2D eigenvalue weighted by Crippen LogP contribution is 2.62. The number of benzene rings is 8. The number of hydrogen-bond donors (Lipinski definition) is 0. The highest BCUT2D eigenvalue weighted by Gasteiger charge is 2.59. The minimum absolute atomic E-state index is 0.0655. The molecule has 2 aliphatic rings. The van der Waals surface area contributed by atoms with Gasteiger partial charge in [-0.3, -0.25) is 0 Å². The number of fused-ring (bicyclic) bond motifs is 4. The number of anilines is 2. The fourth-order valence-corrected chi connectivity index (χ4v) is 9.47. The van der Waals surface area contributed by atoms with E-state index in [0.717, 1.165) is 0 Å². The molecule has 1 aliphatic carbocycles. The largest absolute Gasteiger partial charge is 0.334 e. The van der Waals surface area contributed by atoms with Crippen molar-refractivity contribution in [2.45, 2.75) is 44.1 Å². The minimum atomic E-state index is 0.0655. The van der Waals surface area contributed by atoms with Crippen LogP contribution in [0.1, 0.15) is 38.7 Å². The van der Waals surface area contributed by atoms with E-state index in [1.54, 1.807) is 0 Å². The van der Waals surface area contributed by atoms with Gasteiger partial charge >= 0.3 is 0 Å². The fraction of sp³-hybridized carbons (Fsp3) is 0.156. The molecule has 0 N–H and O–H groups in total. The lowest BCUT2D eigenvalue weighted by atomic mass is 9.72.